The lowest BCUT2D eigenvalue weighted by atomic mass is 10.2. The van der Waals surface area contributed by atoms with Crippen LogP contribution < -0.4 is 0 Å². The van der Waals surface area contributed by atoms with Crippen molar-refractivity contribution in [2.45, 2.75) is 4.90 Å². The molecule has 60 valence electrons. The zero-order valence-corrected chi connectivity index (χ0v) is 8.11. The van der Waals surface area contributed by atoms with E-state index in [1.165, 1.54) is 10.4 Å². The molecular weight excluding hydrogens is 184 g/mol. The SMILES string of the molecule is Sc1csc(-c2ccccc2)c1. The molecule has 0 N–H and O–H groups in total. The van der Waals surface area contributed by atoms with E-state index in [4.69, 9.17) is 0 Å². The number of hydrogen-bond donors (Lipinski definition) is 1. The minimum atomic E-state index is 1.04. The Balaban J connectivity index is 2.45. The number of hydrogen-bond acceptors (Lipinski definition) is 2. The standard InChI is InChI=1S/C10H8S2/c11-9-6-10(12-7-9)8-4-2-1-3-5-8/h1-7,11H. The summed E-state index contributed by atoms with van der Waals surface area (Å²) in [5.74, 6) is 0. The van der Waals surface area contributed by atoms with E-state index >= 15 is 0 Å². The third-order valence-electron chi connectivity index (χ3n) is 1.64. The second kappa shape index (κ2) is 3.33. The summed E-state index contributed by atoms with van der Waals surface area (Å²) >= 11 is 5.99. The van der Waals surface area contributed by atoms with Gasteiger partial charge in [-0.3, -0.25) is 0 Å². The van der Waals surface area contributed by atoms with Gasteiger partial charge in [-0.1, -0.05) is 30.3 Å². The Morgan fingerprint density at radius 2 is 1.83 bits per heavy atom. The molecule has 0 aliphatic carbocycles. The summed E-state index contributed by atoms with van der Waals surface area (Å²) in [6, 6.07) is 12.4. The molecule has 0 spiro atoms. The lowest BCUT2D eigenvalue weighted by Gasteiger charge is -1.93. The first-order valence-electron chi connectivity index (χ1n) is 3.69. The van der Waals surface area contributed by atoms with Gasteiger partial charge in [-0.05, 0) is 11.6 Å². The Kier molecular flexibility index (Phi) is 2.19. The van der Waals surface area contributed by atoms with Crippen LogP contribution in [0.5, 0.6) is 0 Å². The number of thiol groups is 1. The molecule has 0 fully saturated rings. The highest BCUT2D eigenvalue weighted by Crippen LogP contribution is 2.28. The molecule has 0 aliphatic rings. The van der Waals surface area contributed by atoms with Gasteiger partial charge in [-0.15, -0.1) is 24.0 Å². The Bertz CT molecular complexity index is 362. The van der Waals surface area contributed by atoms with Gasteiger partial charge in [0.2, 0.25) is 0 Å². The topological polar surface area (TPSA) is 0 Å². The van der Waals surface area contributed by atoms with Crippen molar-refractivity contribution in [1.29, 1.82) is 0 Å². The van der Waals surface area contributed by atoms with Crippen molar-refractivity contribution in [3.63, 3.8) is 0 Å². The lowest BCUT2D eigenvalue weighted by molar-refractivity contribution is 1.60. The van der Waals surface area contributed by atoms with Crippen LogP contribution in [-0.4, -0.2) is 0 Å². The summed E-state index contributed by atoms with van der Waals surface area (Å²) in [7, 11) is 0. The first-order chi connectivity index (χ1) is 5.86. The molecule has 0 atom stereocenters. The zero-order valence-electron chi connectivity index (χ0n) is 6.40. The molecule has 0 amide bonds. The summed E-state index contributed by atoms with van der Waals surface area (Å²) in [5.41, 5.74) is 1.27. The molecule has 1 heterocycles. The van der Waals surface area contributed by atoms with E-state index in [1.54, 1.807) is 11.3 Å². The Labute approximate surface area is 81.3 Å². The predicted octanol–water partition coefficient (Wildman–Crippen LogP) is 3.70. The maximum Gasteiger partial charge on any atom is 0.0354 e. The average molecular weight is 192 g/mol. The highest BCUT2D eigenvalue weighted by molar-refractivity contribution is 7.80. The van der Waals surface area contributed by atoms with Crippen molar-refractivity contribution in [2.75, 3.05) is 0 Å². The zero-order chi connectivity index (χ0) is 8.39. The van der Waals surface area contributed by atoms with E-state index in [0.29, 0.717) is 0 Å². The van der Waals surface area contributed by atoms with Gasteiger partial charge in [0.1, 0.15) is 0 Å². The van der Waals surface area contributed by atoms with Crippen molar-refractivity contribution in [3.8, 4) is 10.4 Å². The van der Waals surface area contributed by atoms with Crippen molar-refractivity contribution in [3.05, 3.63) is 41.8 Å². The molecule has 0 bridgehead atoms. The highest BCUT2D eigenvalue weighted by Gasteiger charge is 1.98. The van der Waals surface area contributed by atoms with Gasteiger partial charge in [0.25, 0.3) is 0 Å². The van der Waals surface area contributed by atoms with E-state index in [-0.39, 0.29) is 0 Å². The van der Waals surface area contributed by atoms with Crippen LogP contribution in [0.25, 0.3) is 10.4 Å². The normalized spacial score (nSPS) is 10.1. The molecule has 2 rings (SSSR count). The first-order valence-corrected chi connectivity index (χ1v) is 5.02. The third kappa shape index (κ3) is 1.54. The summed E-state index contributed by atoms with van der Waals surface area (Å²) < 4.78 is 0. The van der Waals surface area contributed by atoms with Crippen LogP contribution in [0, 0.1) is 0 Å². The predicted molar refractivity (Wildman–Crippen MR) is 57.0 cm³/mol. The second-order valence-corrected chi connectivity index (χ2v) is 3.96. The molecule has 0 nitrogen and oxygen atoms in total. The molecule has 0 saturated carbocycles. The van der Waals surface area contributed by atoms with Crippen LogP contribution in [0.3, 0.4) is 0 Å². The van der Waals surface area contributed by atoms with Gasteiger partial charge in [0, 0.05) is 15.2 Å². The Hall–Kier alpha value is -0.730. The van der Waals surface area contributed by atoms with E-state index in [2.05, 4.69) is 30.8 Å². The highest BCUT2D eigenvalue weighted by atomic mass is 32.1. The maximum atomic E-state index is 4.27. The minimum absolute atomic E-state index is 1.04. The first kappa shape index (κ1) is 7.90. The van der Waals surface area contributed by atoms with Gasteiger partial charge in [-0.25, -0.2) is 0 Å². The van der Waals surface area contributed by atoms with Crippen LogP contribution >= 0.6 is 24.0 Å². The summed E-state index contributed by atoms with van der Waals surface area (Å²) in [6.07, 6.45) is 0. The van der Waals surface area contributed by atoms with E-state index in [0.717, 1.165) is 4.90 Å². The van der Waals surface area contributed by atoms with Crippen LogP contribution in [0.2, 0.25) is 0 Å². The molecule has 0 aliphatic heterocycles. The maximum absolute atomic E-state index is 4.27. The fraction of sp³-hybridized carbons (Fsp3) is 0. The van der Waals surface area contributed by atoms with Gasteiger partial charge >= 0.3 is 0 Å². The number of benzene rings is 1. The molecule has 0 radical (unpaired) electrons. The Morgan fingerprint density at radius 1 is 1.08 bits per heavy atom. The molecule has 2 heteroatoms. The average Bonchev–Trinajstić information content (AvgIpc) is 2.54. The fourth-order valence-electron chi connectivity index (χ4n) is 1.08. The largest absolute Gasteiger partial charge is 0.143 e. The lowest BCUT2D eigenvalue weighted by Crippen LogP contribution is -1.67. The Morgan fingerprint density at radius 3 is 2.42 bits per heavy atom. The molecule has 2 aromatic rings. The van der Waals surface area contributed by atoms with Crippen molar-refractivity contribution in [2.24, 2.45) is 0 Å². The van der Waals surface area contributed by atoms with Crippen LogP contribution in [0.15, 0.2) is 46.7 Å². The van der Waals surface area contributed by atoms with Crippen LogP contribution in [0.1, 0.15) is 0 Å². The summed E-state index contributed by atoms with van der Waals surface area (Å²) in [4.78, 5) is 2.32. The van der Waals surface area contributed by atoms with E-state index in [1.807, 2.05) is 23.6 Å². The van der Waals surface area contributed by atoms with E-state index in [9.17, 15) is 0 Å². The van der Waals surface area contributed by atoms with Crippen molar-refractivity contribution >= 4 is 24.0 Å². The molecular formula is C10H8S2. The van der Waals surface area contributed by atoms with Crippen molar-refractivity contribution < 1.29 is 0 Å². The van der Waals surface area contributed by atoms with Crippen LogP contribution in [0.4, 0.5) is 0 Å². The summed E-state index contributed by atoms with van der Waals surface area (Å²) in [6.45, 7) is 0. The van der Waals surface area contributed by atoms with Crippen LogP contribution in [-0.2, 0) is 0 Å². The van der Waals surface area contributed by atoms with Gasteiger partial charge in [-0.2, -0.15) is 0 Å². The van der Waals surface area contributed by atoms with Gasteiger partial charge in [0.05, 0.1) is 0 Å². The molecule has 1 aromatic carbocycles. The number of thiophene rings is 1. The number of rotatable bonds is 1. The minimum Gasteiger partial charge on any atom is -0.143 e. The monoisotopic (exact) mass is 192 g/mol. The fourth-order valence-corrected chi connectivity index (χ4v) is 2.24. The van der Waals surface area contributed by atoms with Gasteiger partial charge < -0.3 is 0 Å². The molecule has 0 unspecified atom stereocenters. The third-order valence-corrected chi connectivity index (χ3v) is 3.06. The van der Waals surface area contributed by atoms with Crippen molar-refractivity contribution in [1.82, 2.24) is 0 Å². The summed E-state index contributed by atoms with van der Waals surface area (Å²) in [5, 5.41) is 2.05. The van der Waals surface area contributed by atoms with E-state index < -0.39 is 0 Å². The smallest absolute Gasteiger partial charge is 0.0354 e. The second-order valence-electron chi connectivity index (χ2n) is 2.54. The van der Waals surface area contributed by atoms with Gasteiger partial charge in [0.15, 0.2) is 0 Å². The molecule has 0 saturated heterocycles. The molecule has 12 heavy (non-hydrogen) atoms. The quantitative estimate of drug-likeness (QED) is 0.654. The molecule has 1 aromatic heterocycles.